The summed E-state index contributed by atoms with van der Waals surface area (Å²) in [7, 11) is 0. The van der Waals surface area contributed by atoms with E-state index in [0.717, 1.165) is 32.7 Å². The van der Waals surface area contributed by atoms with E-state index >= 15 is 0 Å². The summed E-state index contributed by atoms with van der Waals surface area (Å²) in [5.41, 5.74) is 1.42. The first-order valence-corrected chi connectivity index (χ1v) is 7.88. The van der Waals surface area contributed by atoms with Crippen molar-refractivity contribution in [2.45, 2.75) is 38.8 Å². The highest BCUT2D eigenvalue weighted by Gasteiger charge is 2.21. The van der Waals surface area contributed by atoms with E-state index < -0.39 is 0 Å². The first-order chi connectivity index (χ1) is 9.79. The van der Waals surface area contributed by atoms with Crippen LogP contribution in [0.1, 0.15) is 25.8 Å². The maximum absolute atomic E-state index is 5.58. The number of rotatable bonds is 6. The highest BCUT2D eigenvalue weighted by Crippen LogP contribution is 2.10. The molecule has 1 aliphatic rings. The topological polar surface area (TPSA) is 24.5 Å². The summed E-state index contributed by atoms with van der Waals surface area (Å²) in [5, 5.41) is 3.69. The van der Waals surface area contributed by atoms with E-state index in [1.54, 1.807) is 0 Å². The van der Waals surface area contributed by atoms with Crippen molar-refractivity contribution in [2.24, 2.45) is 0 Å². The number of hydrogen-bond acceptors (Lipinski definition) is 3. The van der Waals surface area contributed by atoms with Gasteiger partial charge in [0.25, 0.3) is 0 Å². The molecule has 1 saturated heterocycles. The fourth-order valence-electron chi connectivity index (χ4n) is 2.86. The SMILES string of the molecule is CCOCC(C)N1CCCNC(Cc2ccccc2)C1. The van der Waals surface area contributed by atoms with Crippen LogP contribution in [0.2, 0.25) is 0 Å². The van der Waals surface area contributed by atoms with Gasteiger partial charge in [0.05, 0.1) is 6.61 Å². The normalized spacial score (nSPS) is 22.4. The number of ether oxygens (including phenoxy) is 1. The Labute approximate surface area is 123 Å². The smallest absolute Gasteiger partial charge is 0.0619 e. The quantitative estimate of drug-likeness (QED) is 0.863. The molecule has 0 aromatic heterocycles. The summed E-state index contributed by atoms with van der Waals surface area (Å²) < 4.78 is 5.58. The molecule has 0 bridgehead atoms. The third kappa shape index (κ3) is 4.89. The van der Waals surface area contributed by atoms with Crippen molar-refractivity contribution in [2.75, 3.05) is 32.8 Å². The van der Waals surface area contributed by atoms with Gasteiger partial charge in [0.15, 0.2) is 0 Å². The third-order valence-corrected chi connectivity index (χ3v) is 4.02. The number of nitrogens with zero attached hydrogens (tertiary/aromatic N) is 1. The fourth-order valence-corrected chi connectivity index (χ4v) is 2.86. The molecule has 2 unspecified atom stereocenters. The molecule has 0 aliphatic carbocycles. The molecule has 1 aromatic carbocycles. The molecule has 1 N–H and O–H groups in total. The molecule has 0 saturated carbocycles. The Morgan fingerprint density at radius 2 is 2.15 bits per heavy atom. The van der Waals surface area contributed by atoms with E-state index in [1.807, 2.05) is 0 Å². The Balaban J connectivity index is 1.89. The second-order valence-electron chi connectivity index (χ2n) is 5.70. The summed E-state index contributed by atoms with van der Waals surface area (Å²) in [4.78, 5) is 2.57. The van der Waals surface area contributed by atoms with E-state index in [2.05, 4.69) is 54.4 Å². The molecule has 2 rings (SSSR count). The average Bonchev–Trinajstić information content (AvgIpc) is 2.71. The van der Waals surface area contributed by atoms with Crippen LogP contribution < -0.4 is 5.32 Å². The Bertz CT molecular complexity index is 369. The summed E-state index contributed by atoms with van der Waals surface area (Å²) >= 11 is 0. The van der Waals surface area contributed by atoms with Crippen molar-refractivity contribution in [3.63, 3.8) is 0 Å². The van der Waals surface area contributed by atoms with Gasteiger partial charge >= 0.3 is 0 Å². The predicted molar refractivity (Wildman–Crippen MR) is 84.1 cm³/mol. The standard InChI is InChI=1S/C17H28N2O/c1-3-20-14-15(2)19-11-7-10-18-17(13-19)12-16-8-5-4-6-9-16/h4-6,8-9,15,17-18H,3,7,10-14H2,1-2H3. The van der Waals surface area contributed by atoms with Crippen LogP contribution in [0.3, 0.4) is 0 Å². The average molecular weight is 276 g/mol. The minimum Gasteiger partial charge on any atom is -0.380 e. The maximum atomic E-state index is 5.58. The first kappa shape index (κ1) is 15.5. The summed E-state index contributed by atoms with van der Waals surface area (Å²) in [5.74, 6) is 0. The van der Waals surface area contributed by atoms with Gasteiger partial charge in [0, 0.05) is 25.2 Å². The zero-order valence-electron chi connectivity index (χ0n) is 12.8. The monoisotopic (exact) mass is 276 g/mol. The van der Waals surface area contributed by atoms with Crippen molar-refractivity contribution in [1.29, 1.82) is 0 Å². The van der Waals surface area contributed by atoms with Crippen LogP contribution in [0.4, 0.5) is 0 Å². The highest BCUT2D eigenvalue weighted by atomic mass is 16.5. The third-order valence-electron chi connectivity index (χ3n) is 4.02. The molecule has 3 nitrogen and oxygen atoms in total. The molecule has 1 aromatic rings. The van der Waals surface area contributed by atoms with Crippen molar-refractivity contribution in [3.8, 4) is 0 Å². The highest BCUT2D eigenvalue weighted by molar-refractivity contribution is 5.16. The molecular weight excluding hydrogens is 248 g/mol. The van der Waals surface area contributed by atoms with E-state index in [9.17, 15) is 0 Å². The second-order valence-corrected chi connectivity index (χ2v) is 5.70. The van der Waals surface area contributed by atoms with Gasteiger partial charge in [-0.3, -0.25) is 4.90 Å². The van der Waals surface area contributed by atoms with Crippen molar-refractivity contribution < 1.29 is 4.74 Å². The molecule has 20 heavy (non-hydrogen) atoms. The molecule has 0 amide bonds. The molecule has 1 fully saturated rings. The minimum atomic E-state index is 0.508. The lowest BCUT2D eigenvalue weighted by Crippen LogP contribution is -2.44. The van der Waals surface area contributed by atoms with Gasteiger partial charge in [-0.15, -0.1) is 0 Å². The molecule has 0 spiro atoms. The van der Waals surface area contributed by atoms with E-state index in [1.165, 1.54) is 18.5 Å². The second kappa shape index (κ2) is 8.40. The van der Waals surface area contributed by atoms with E-state index in [0.29, 0.717) is 12.1 Å². The minimum absolute atomic E-state index is 0.508. The Morgan fingerprint density at radius 3 is 2.90 bits per heavy atom. The molecule has 1 heterocycles. The van der Waals surface area contributed by atoms with Crippen molar-refractivity contribution in [1.82, 2.24) is 10.2 Å². The zero-order chi connectivity index (χ0) is 14.2. The molecule has 0 radical (unpaired) electrons. The van der Waals surface area contributed by atoms with Crippen LogP contribution in [-0.4, -0.2) is 49.8 Å². The molecule has 112 valence electrons. The van der Waals surface area contributed by atoms with Gasteiger partial charge in [0.1, 0.15) is 0 Å². The molecule has 2 atom stereocenters. The summed E-state index contributed by atoms with van der Waals surface area (Å²) in [6.45, 7) is 9.40. The zero-order valence-corrected chi connectivity index (χ0v) is 12.8. The van der Waals surface area contributed by atoms with Crippen LogP contribution in [0.5, 0.6) is 0 Å². The summed E-state index contributed by atoms with van der Waals surface area (Å²) in [6.07, 6.45) is 2.33. The van der Waals surface area contributed by atoms with Crippen LogP contribution in [0, 0.1) is 0 Å². The van der Waals surface area contributed by atoms with Crippen molar-refractivity contribution >= 4 is 0 Å². The van der Waals surface area contributed by atoms with Gasteiger partial charge in [0.2, 0.25) is 0 Å². The largest absolute Gasteiger partial charge is 0.380 e. The number of benzene rings is 1. The lowest BCUT2D eigenvalue weighted by molar-refractivity contribution is 0.0725. The number of nitrogens with one attached hydrogen (secondary N) is 1. The van der Waals surface area contributed by atoms with E-state index in [-0.39, 0.29) is 0 Å². The van der Waals surface area contributed by atoms with Gasteiger partial charge in [-0.25, -0.2) is 0 Å². The first-order valence-electron chi connectivity index (χ1n) is 7.88. The molecular formula is C17H28N2O. The Hall–Kier alpha value is -0.900. The lowest BCUT2D eigenvalue weighted by atomic mass is 10.1. The Morgan fingerprint density at radius 1 is 1.35 bits per heavy atom. The summed E-state index contributed by atoms with van der Waals surface area (Å²) in [6, 6.07) is 11.8. The van der Waals surface area contributed by atoms with Crippen LogP contribution in [0.15, 0.2) is 30.3 Å². The van der Waals surface area contributed by atoms with Crippen LogP contribution in [0.25, 0.3) is 0 Å². The van der Waals surface area contributed by atoms with Crippen LogP contribution >= 0.6 is 0 Å². The van der Waals surface area contributed by atoms with Gasteiger partial charge in [-0.05, 0) is 45.3 Å². The van der Waals surface area contributed by atoms with Gasteiger partial charge in [-0.1, -0.05) is 30.3 Å². The van der Waals surface area contributed by atoms with Crippen LogP contribution in [-0.2, 0) is 11.2 Å². The molecule has 3 heteroatoms. The molecule has 1 aliphatic heterocycles. The number of hydrogen-bond donors (Lipinski definition) is 1. The van der Waals surface area contributed by atoms with E-state index in [4.69, 9.17) is 4.74 Å². The van der Waals surface area contributed by atoms with Gasteiger partial charge in [-0.2, -0.15) is 0 Å². The predicted octanol–water partition coefficient (Wildman–Crippen LogP) is 2.32. The van der Waals surface area contributed by atoms with Gasteiger partial charge < -0.3 is 10.1 Å². The van der Waals surface area contributed by atoms with Crippen molar-refractivity contribution in [3.05, 3.63) is 35.9 Å². The fraction of sp³-hybridized carbons (Fsp3) is 0.647. The Kier molecular flexibility index (Phi) is 6.51. The maximum Gasteiger partial charge on any atom is 0.0619 e. The lowest BCUT2D eigenvalue weighted by Gasteiger charge is -2.30.